The van der Waals surface area contributed by atoms with Gasteiger partial charge >= 0.3 is 0 Å². The third-order valence-corrected chi connectivity index (χ3v) is 4.31. The fourth-order valence-electron chi connectivity index (χ4n) is 2.11. The third kappa shape index (κ3) is 2.23. The Hall–Kier alpha value is -0.900. The van der Waals surface area contributed by atoms with Gasteiger partial charge in [0, 0.05) is 11.5 Å². The SMILES string of the molecule is CC(C)(N)C(C)(C)c1nc(C2CCCC2)no1. The van der Waals surface area contributed by atoms with Gasteiger partial charge in [0.1, 0.15) is 0 Å². The molecule has 1 saturated carbocycles. The van der Waals surface area contributed by atoms with Crippen molar-refractivity contribution in [3.05, 3.63) is 11.7 Å². The van der Waals surface area contributed by atoms with Crippen molar-refractivity contribution < 1.29 is 4.52 Å². The van der Waals surface area contributed by atoms with Gasteiger partial charge in [0.25, 0.3) is 0 Å². The first-order valence-corrected chi connectivity index (χ1v) is 6.45. The molecule has 4 nitrogen and oxygen atoms in total. The largest absolute Gasteiger partial charge is 0.339 e. The quantitative estimate of drug-likeness (QED) is 0.877. The highest BCUT2D eigenvalue weighted by Crippen LogP contribution is 2.36. The van der Waals surface area contributed by atoms with E-state index >= 15 is 0 Å². The van der Waals surface area contributed by atoms with Crippen molar-refractivity contribution in [3.8, 4) is 0 Å². The van der Waals surface area contributed by atoms with Crippen molar-refractivity contribution in [2.45, 2.75) is 70.3 Å². The molecule has 1 fully saturated rings. The van der Waals surface area contributed by atoms with E-state index in [1.165, 1.54) is 25.7 Å². The first-order chi connectivity index (χ1) is 7.82. The lowest BCUT2D eigenvalue weighted by Gasteiger charge is -2.34. The van der Waals surface area contributed by atoms with E-state index in [4.69, 9.17) is 10.3 Å². The van der Waals surface area contributed by atoms with Crippen LogP contribution >= 0.6 is 0 Å². The van der Waals surface area contributed by atoms with Crippen LogP contribution < -0.4 is 5.73 Å². The molecule has 1 aromatic rings. The second kappa shape index (κ2) is 4.09. The van der Waals surface area contributed by atoms with Crippen molar-refractivity contribution in [1.82, 2.24) is 10.1 Å². The van der Waals surface area contributed by atoms with Crippen LogP contribution in [0.15, 0.2) is 4.52 Å². The molecule has 1 aliphatic carbocycles. The summed E-state index contributed by atoms with van der Waals surface area (Å²) >= 11 is 0. The van der Waals surface area contributed by atoms with Gasteiger partial charge in [-0.2, -0.15) is 4.98 Å². The molecule has 1 aromatic heterocycles. The van der Waals surface area contributed by atoms with Crippen LogP contribution in [0.4, 0.5) is 0 Å². The highest BCUT2D eigenvalue weighted by atomic mass is 16.5. The van der Waals surface area contributed by atoms with Gasteiger partial charge in [-0.1, -0.05) is 18.0 Å². The summed E-state index contributed by atoms with van der Waals surface area (Å²) in [5.74, 6) is 2.02. The van der Waals surface area contributed by atoms with Gasteiger partial charge in [-0.25, -0.2) is 0 Å². The Labute approximate surface area is 103 Å². The van der Waals surface area contributed by atoms with E-state index in [0.717, 1.165) is 5.82 Å². The smallest absolute Gasteiger partial charge is 0.234 e. The van der Waals surface area contributed by atoms with Crippen molar-refractivity contribution in [3.63, 3.8) is 0 Å². The average Bonchev–Trinajstić information content (AvgIpc) is 2.87. The summed E-state index contributed by atoms with van der Waals surface area (Å²) in [6.07, 6.45) is 4.93. The maximum atomic E-state index is 6.18. The van der Waals surface area contributed by atoms with Crippen molar-refractivity contribution in [1.29, 1.82) is 0 Å². The van der Waals surface area contributed by atoms with Gasteiger partial charge in [0.05, 0.1) is 5.41 Å². The van der Waals surface area contributed by atoms with Gasteiger partial charge in [0.2, 0.25) is 5.89 Å². The van der Waals surface area contributed by atoms with E-state index in [-0.39, 0.29) is 11.0 Å². The summed E-state index contributed by atoms with van der Waals surface area (Å²) in [6.45, 7) is 8.09. The summed E-state index contributed by atoms with van der Waals surface area (Å²) in [7, 11) is 0. The highest BCUT2D eigenvalue weighted by Gasteiger charge is 2.40. The van der Waals surface area contributed by atoms with Crippen molar-refractivity contribution >= 4 is 0 Å². The van der Waals surface area contributed by atoms with E-state index in [0.29, 0.717) is 11.8 Å². The van der Waals surface area contributed by atoms with E-state index in [1.807, 2.05) is 13.8 Å². The molecule has 0 saturated heterocycles. The normalized spacial score (nSPS) is 18.9. The van der Waals surface area contributed by atoms with Crippen LogP contribution in [0.25, 0.3) is 0 Å². The molecule has 0 amide bonds. The molecule has 0 unspecified atom stereocenters. The van der Waals surface area contributed by atoms with Gasteiger partial charge in [-0.15, -0.1) is 0 Å². The van der Waals surface area contributed by atoms with Crippen LogP contribution in [-0.2, 0) is 5.41 Å². The number of rotatable bonds is 3. The van der Waals surface area contributed by atoms with Gasteiger partial charge in [0.15, 0.2) is 5.82 Å². The topological polar surface area (TPSA) is 64.9 Å². The number of hydrogen-bond donors (Lipinski definition) is 1. The number of aromatic nitrogens is 2. The zero-order valence-electron chi connectivity index (χ0n) is 11.3. The Morgan fingerprint density at radius 2 is 1.76 bits per heavy atom. The minimum atomic E-state index is -0.382. The minimum Gasteiger partial charge on any atom is -0.339 e. The molecule has 0 spiro atoms. The second-order valence-electron chi connectivity index (χ2n) is 6.29. The van der Waals surface area contributed by atoms with E-state index in [1.54, 1.807) is 0 Å². The monoisotopic (exact) mass is 237 g/mol. The molecule has 0 radical (unpaired) electrons. The molecule has 0 atom stereocenters. The predicted octanol–water partition coefficient (Wildman–Crippen LogP) is 2.74. The molecule has 0 aliphatic heterocycles. The van der Waals surface area contributed by atoms with Crippen LogP contribution in [-0.4, -0.2) is 15.7 Å². The average molecular weight is 237 g/mol. The molecular formula is C13H23N3O. The lowest BCUT2D eigenvalue weighted by Crippen LogP contribution is -2.50. The lowest BCUT2D eigenvalue weighted by molar-refractivity contribution is 0.222. The maximum absolute atomic E-state index is 6.18. The molecule has 17 heavy (non-hydrogen) atoms. The Morgan fingerprint density at radius 1 is 1.18 bits per heavy atom. The number of hydrogen-bond acceptors (Lipinski definition) is 4. The number of nitrogens with zero attached hydrogens (tertiary/aromatic N) is 2. The Morgan fingerprint density at radius 3 is 2.29 bits per heavy atom. The second-order valence-corrected chi connectivity index (χ2v) is 6.29. The van der Waals surface area contributed by atoms with E-state index < -0.39 is 0 Å². The van der Waals surface area contributed by atoms with Gasteiger partial charge in [-0.3, -0.25) is 0 Å². The standard InChI is InChI=1S/C13H23N3O/c1-12(2,13(3,4)14)11-15-10(16-17-11)9-7-5-6-8-9/h9H,5-8,14H2,1-4H3. The van der Waals surface area contributed by atoms with Crippen molar-refractivity contribution in [2.75, 3.05) is 0 Å². The first kappa shape index (κ1) is 12.6. The van der Waals surface area contributed by atoms with Gasteiger partial charge in [-0.05, 0) is 40.5 Å². The van der Waals surface area contributed by atoms with Crippen LogP contribution in [0, 0.1) is 0 Å². The van der Waals surface area contributed by atoms with Crippen LogP contribution in [0.5, 0.6) is 0 Å². The molecule has 2 rings (SSSR count). The summed E-state index contributed by atoms with van der Waals surface area (Å²) in [5, 5.41) is 4.14. The molecule has 0 aromatic carbocycles. The maximum Gasteiger partial charge on any atom is 0.234 e. The van der Waals surface area contributed by atoms with Crippen LogP contribution in [0.1, 0.15) is 71.0 Å². The Bertz CT molecular complexity index is 384. The first-order valence-electron chi connectivity index (χ1n) is 6.45. The highest BCUT2D eigenvalue weighted by molar-refractivity contribution is 5.12. The van der Waals surface area contributed by atoms with Crippen LogP contribution in [0.3, 0.4) is 0 Å². The Kier molecular flexibility index (Phi) is 3.02. The zero-order valence-corrected chi connectivity index (χ0v) is 11.3. The summed E-state index contributed by atoms with van der Waals surface area (Å²) in [4.78, 5) is 4.57. The fourth-order valence-corrected chi connectivity index (χ4v) is 2.11. The van der Waals surface area contributed by atoms with Crippen molar-refractivity contribution in [2.24, 2.45) is 5.73 Å². The molecule has 1 aliphatic rings. The summed E-state index contributed by atoms with van der Waals surface area (Å²) in [5.41, 5.74) is 5.49. The molecule has 2 N–H and O–H groups in total. The Balaban J connectivity index is 2.23. The van der Waals surface area contributed by atoms with E-state index in [9.17, 15) is 0 Å². The summed E-state index contributed by atoms with van der Waals surface area (Å²) < 4.78 is 5.43. The summed E-state index contributed by atoms with van der Waals surface area (Å²) in [6, 6.07) is 0. The predicted molar refractivity (Wildman–Crippen MR) is 66.8 cm³/mol. The minimum absolute atomic E-state index is 0.309. The third-order valence-electron chi connectivity index (χ3n) is 4.31. The van der Waals surface area contributed by atoms with Gasteiger partial charge < -0.3 is 10.3 Å². The molecule has 1 heterocycles. The molecule has 4 heteroatoms. The van der Waals surface area contributed by atoms with E-state index in [2.05, 4.69) is 24.0 Å². The zero-order chi connectivity index (χ0) is 12.7. The molecule has 96 valence electrons. The van der Waals surface area contributed by atoms with Crippen LogP contribution in [0.2, 0.25) is 0 Å². The molecular weight excluding hydrogens is 214 g/mol. The molecule has 0 bridgehead atoms. The fraction of sp³-hybridized carbons (Fsp3) is 0.846. The number of nitrogens with two attached hydrogens (primary N) is 1. The lowest BCUT2D eigenvalue weighted by atomic mass is 9.75.